The quantitative estimate of drug-likeness (QED) is 0.683. The lowest BCUT2D eigenvalue weighted by molar-refractivity contribution is -0.139. The van der Waals surface area contributed by atoms with Gasteiger partial charge in [-0.2, -0.15) is 5.06 Å². The van der Waals surface area contributed by atoms with Crippen molar-refractivity contribution in [2.45, 2.75) is 39.0 Å². The van der Waals surface area contributed by atoms with E-state index in [1.54, 1.807) is 26.0 Å². The van der Waals surface area contributed by atoms with Crippen molar-refractivity contribution in [3.63, 3.8) is 0 Å². The third-order valence-corrected chi connectivity index (χ3v) is 5.91. The first kappa shape index (κ1) is 19.1. The van der Waals surface area contributed by atoms with Crippen LogP contribution in [-0.4, -0.2) is 53.2 Å². The molecule has 0 aliphatic carbocycles. The molecule has 0 unspecified atom stereocenters. The lowest BCUT2D eigenvalue weighted by atomic mass is 10.1. The highest BCUT2D eigenvalue weighted by Gasteiger charge is 2.37. The molecule has 2 heterocycles. The van der Waals surface area contributed by atoms with Crippen molar-refractivity contribution >= 4 is 7.60 Å². The van der Waals surface area contributed by atoms with Gasteiger partial charge in [-0.25, -0.2) is 4.79 Å². The van der Waals surface area contributed by atoms with Crippen molar-refractivity contribution in [3.05, 3.63) is 33.1 Å². The second-order valence-electron chi connectivity index (χ2n) is 5.55. The Morgan fingerprint density at radius 2 is 2.00 bits per heavy atom. The SMILES string of the molecule is CCOP(=O)(C[C@H]1C[C@@H](Cn2ccc(=O)[nH]c2=O)N(C)O1)OCC. The van der Waals surface area contributed by atoms with Gasteiger partial charge in [0.25, 0.3) is 5.56 Å². The summed E-state index contributed by atoms with van der Waals surface area (Å²) in [6, 6.07) is 1.21. The summed E-state index contributed by atoms with van der Waals surface area (Å²) in [5, 5.41) is 1.64. The van der Waals surface area contributed by atoms with Gasteiger partial charge in [-0.15, -0.1) is 0 Å². The molecule has 0 saturated carbocycles. The number of likely N-dealkylation sites (N-methyl/N-ethyl adjacent to an activating group) is 1. The van der Waals surface area contributed by atoms with Crippen LogP contribution >= 0.6 is 7.60 Å². The highest BCUT2D eigenvalue weighted by atomic mass is 31.2. The van der Waals surface area contributed by atoms with E-state index in [2.05, 4.69) is 4.98 Å². The first-order chi connectivity index (χ1) is 11.4. The van der Waals surface area contributed by atoms with E-state index < -0.39 is 18.8 Å². The molecule has 1 aliphatic heterocycles. The van der Waals surface area contributed by atoms with Crippen molar-refractivity contribution in [1.29, 1.82) is 0 Å². The largest absolute Gasteiger partial charge is 0.333 e. The maximum Gasteiger partial charge on any atom is 0.333 e. The fraction of sp³-hybridized carbons (Fsp3) is 0.714. The van der Waals surface area contributed by atoms with Gasteiger partial charge >= 0.3 is 13.3 Å². The van der Waals surface area contributed by atoms with E-state index in [1.807, 2.05) is 0 Å². The normalized spacial score (nSPS) is 22.1. The molecule has 2 atom stereocenters. The van der Waals surface area contributed by atoms with Crippen molar-refractivity contribution in [2.75, 3.05) is 26.4 Å². The Kier molecular flexibility index (Phi) is 6.54. The molecule has 24 heavy (non-hydrogen) atoms. The van der Waals surface area contributed by atoms with E-state index in [-0.39, 0.29) is 18.3 Å². The lowest BCUT2D eigenvalue weighted by Crippen LogP contribution is -2.36. The van der Waals surface area contributed by atoms with Crippen LogP contribution in [0.4, 0.5) is 0 Å². The van der Waals surface area contributed by atoms with Crippen LogP contribution in [0.15, 0.2) is 21.9 Å². The third kappa shape index (κ3) is 4.87. The first-order valence-corrected chi connectivity index (χ1v) is 9.67. The monoisotopic (exact) mass is 361 g/mol. The second-order valence-corrected chi connectivity index (χ2v) is 7.66. The number of aromatic nitrogens is 2. The zero-order valence-electron chi connectivity index (χ0n) is 14.1. The molecule has 0 aromatic carbocycles. The standard InChI is InChI=1S/C14H24N3O6P/c1-4-21-24(20,22-5-2)10-12-8-11(16(3)23-12)9-17-7-6-13(18)15-14(17)19/h6-7,11-12H,4-5,8-10H2,1-3H3,(H,15,18,19)/t11-,12+/m0/s1. The van der Waals surface area contributed by atoms with E-state index in [9.17, 15) is 14.2 Å². The molecule has 9 nitrogen and oxygen atoms in total. The van der Waals surface area contributed by atoms with Crippen LogP contribution in [0.3, 0.4) is 0 Å². The molecular formula is C14H24N3O6P. The predicted octanol–water partition coefficient (Wildman–Crippen LogP) is 0.807. The van der Waals surface area contributed by atoms with E-state index in [4.69, 9.17) is 13.9 Å². The van der Waals surface area contributed by atoms with Gasteiger partial charge < -0.3 is 9.05 Å². The number of H-pyrrole nitrogens is 1. The number of hydrogen-bond donors (Lipinski definition) is 1. The van der Waals surface area contributed by atoms with Crippen LogP contribution in [0, 0.1) is 0 Å². The summed E-state index contributed by atoms with van der Waals surface area (Å²) in [5.41, 5.74) is -0.895. The van der Waals surface area contributed by atoms with Gasteiger partial charge in [-0.1, -0.05) is 0 Å². The van der Waals surface area contributed by atoms with Crippen LogP contribution in [-0.2, 0) is 25.0 Å². The molecule has 0 spiro atoms. The predicted molar refractivity (Wildman–Crippen MR) is 88.1 cm³/mol. The van der Waals surface area contributed by atoms with E-state index in [0.29, 0.717) is 26.2 Å². The summed E-state index contributed by atoms with van der Waals surface area (Å²) in [7, 11) is -1.43. The summed E-state index contributed by atoms with van der Waals surface area (Å²) in [5.74, 6) is 0. The number of nitrogens with one attached hydrogen (secondary N) is 1. The fourth-order valence-corrected chi connectivity index (χ4v) is 4.50. The smallest absolute Gasteiger partial charge is 0.309 e. The molecule has 0 bridgehead atoms. The fourth-order valence-electron chi connectivity index (χ4n) is 2.71. The molecule has 1 saturated heterocycles. The summed E-state index contributed by atoms with van der Waals surface area (Å²) in [4.78, 5) is 30.8. The Bertz CT molecular complexity index is 692. The average molecular weight is 361 g/mol. The summed E-state index contributed by atoms with van der Waals surface area (Å²) in [6.45, 7) is 4.49. The van der Waals surface area contributed by atoms with E-state index in [1.165, 1.54) is 16.8 Å². The maximum atomic E-state index is 12.6. The van der Waals surface area contributed by atoms with Gasteiger partial charge in [0.05, 0.1) is 31.5 Å². The van der Waals surface area contributed by atoms with Crippen LogP contribution in [0.5, 0.6) is 0 Å². The highest BCUT2D eigenvalue weighted by molar-refractivity contribution is 7.53. The molecule has 1 aromatic heterocycles. The molecule has 0 amide bonds. The maximum absolute atomic E-state index is 12.6. The Morgan fingerprint density at radius 1 is 1.33 bits per heavy atom. The molecular weight excluding hydrogens is 337 g/mol. The number of rotatable bonds is 8. The van der Waals surface area contributed by atoms with Gasteiger partial charge in [0.15, 0.2) is 0 Å². The van der Waals surface area contributed by atoms with Crippen molar-refractivity contribution in [3.8, 4) is 0 Å². The van der Waals surface area contributed by atoms with Gasteiger partial charge in [-0.3, -0.25) is 23.7 Å². The van der Waals surface area contributed by atoms with E-state index >= 15 is 0 Å². The molecule has 0 radical (unpaired) electrons. The summed E-state index contributed by atoms with van der Waals surface area (Å²) < 4.78 is 24.6. The summed E-state index contributed by atoms with van der Waals surface area (Å²) >= 11 is 0. The van der Waals surface area contributed by atoms with Crippen molar-refractivity contribution < 1.29 is 18.5 Å². The molecule has 10 heteroatoms. The number of aromatic amines is 1. The van der Waals surface area contributed by atoms with E-state index in [0.717, 1.165) is 0 Å². The minimum Gasteiger partial charge on any atom is -0.309 e. The van der Waals surface area contributed by atoms with Crippen molar-refractivity contribution in [2.24, 2.45) is 0 Å². The molecule has 1 aliphatic rings. The summed E-state index contributed by atoms with van der Waals surface area (Å²) in [6.07, 6.45) is 1.87. The van der Waals surface area contributed by atoms with Crippen LogP contribution < -0.4 is 11.2 Å². The van der Waals surface area contributed by atoms with Crippen LogP contribution in [0.25, 0.3) is 0 Å². The molecule has 1 fully saturated rings. The average Bonchev–Trinajstić information content (AvgIpc) is 2.81. The second kappa shape index (κ2) is 8.22. The van der Waals surface area contributed by atoms with Gasteiger partial charge in [0, 0.05) is 25.9 Å². The number of nitrogens with zero attached hydrogens (tertiary/aromatic N) is 2. The van der Waals surface area contributed by atoms with Crippen LogP contribution in [0.2, 0.25) is 0 Å². The van der Waals surface area contributed by atoms with Gasteiger partial charge in [0.1, 0.15) is 0 Å². The Hall–Kier alpha value is -1.25. The molecule has 1 N–H and O–H groups in total. The third-order valence-electron chi connectivity index (χ3n) is 3.75. The Labute approximate surface area is 140 Å². The molecule has 136 valence electrons. The van der Waals surface area contributed by atoms with Gasteiger partial charge in [-0.05, 0) is 20.3 Å². The van der Waals surface area contributed by atoms with Gasteiger partial charge in [0.2, 0.25) is 0 Å². The Balaban J connectivity index is 2.02. The number of hydroxylamine groups is 2. The minimum atomic E-state index is -3.19. The van der Waals surface area contributed by atoms with Crippen molar-refractivity contribution in [1.82, 2.24) is 14.6 Å². The zero-order valence-corrected chi connectivity index (χ0v) is 15.0. The minimum absolute atomic E-state index is 0.0877. The molecule has 1 aromatic rings. The topological polar surface area (TPSA) is 103 Å². The Morgan fingerprint density at radius 3 is 2.58 bits per heavy atom. The van der Waals surface area contributed by atoms with Crippen LogP contribution in [0.1, 0.15) is 20.3 Å². The molecule has 2 rings (SSSR count). The zero-order chi connectivity index (χ0) is 17.7. The number of hydrogen-bond acceptors (Lipinski definition) is 7. The highest BCUT2D eigenvalue weighted by Crippen LogP contribution is 2.50. The first-order valence-electron chi connectivity index (χ1n) is 7.94. The lowest BCUT2D eigenvalue weighted by Gasteiger charge is -2.20.